The molecule has 0 bridgehead atoms. The van der Waals surface area contributed by atoms with Gasteiger partial charge in [0.15, 0.2) is 0 Å². The van der Waals surface area contributed by atoms with Crippen molar-refractivity contribution in [3.63, 3.8) is 0 Å². The van der Waals surface area contributed by atoms with Crippen LogP contribution >= 0.6 is 11.3 Å². The molecule has 3 rings (SSSR count). The Balaban J connectivity index is 2.07. The van der Waals surface area contributed by atoms with Crippen molar-refractivity contribution in [2.24, 2.45) is 5.73 Å². The molecule has 0 spiro atoms. The zero-order chi connectivity index (χ0) is 12.5. The molecule has 18 heavy (non-hydrogen) atoms. The first-order chi connectivity index (χ1) is 8.74. The molecule has 1 unspecified atom stereocenters. The Hall–Kier alpha value is -1.42. The summed E-state index contributed by atoms with van der Waals surface area (Å²) in [5.41, 5.74) is 6.61. The highest BCUT2D eigenvalue weighted by Gasteiger charge is 2.05. The van der Waals surface area contributed by atoms with Gasteiger partial charge in [-0.05, 0) is 36.6 Å². The third-order valence-electron chi connectivity index (χ3n) is 3.17. The first-order valence-electron chi connectivity index (χ1n) is 6.08. The predicted molar refractivity (Wildman–Crippen MR) is 77.8 cm³/mol. The van der Waals surface area contributed by atoms with Crippen LogP contribution in [0.1, 0.15) is 12.0 Å². The average Bonchev–Trinajstić information content (AvgIpc) is 2.74. The van der Waals surface area contributed by atoms with Gasteiger partial charge in [0, 0.05) is 20.2 Å². The molecule has 0 fully saturated rings. The van der Waals surface area contributed by atoms with Crippen LogP contribution in [0.3, 0.4) is 0 Å². The van der Waals surface area contributed by atoms with Crippen LogP contribution in [-0.4, -0.2) is 11.3 Å². The van der Waals surface area contributed by atoms with Gasteiger partial charge in [-0.25, -0.2) is 0 Å². The summed E-state index contributed by atoms with van der Waals surface area (Å²) in [5.74, 6) is 0. The van der Waals surface area contributed by atoms with Crippen molar-refractivity contribution in [2.45, 2.75) is 19.1 Å². The molecular weight excluding hydrogens is 242 g/mol. The van der Waals surface area contributed by atoms with Crippen molar-refractivity contribution in [1.29, 1.82) is 0 Å². The van der Waals surface area contributed by atoms with E-state index in [9.17, 15) is 0 Å². The van der Waals surface area contributed by atoms with E-state index in [1.165, 1.54) is 25.7 Å². The lowest BCUT2D eigenvalue weighted by atomic mass is 10.1. The monoisotopic (exact) mass is 257 g/mol. The molecule has 0 aliphatic carbocycles. The van der Waals surface area contributed by atoms with Crippen molar-refractivity contribution in [1.82, 2.24) is 0 Å². The summed E-state index contributed by atoms with van der Waals surface area (Å²) in [7, 11) is 0. The fourth-order valence-corrected chi connectivity index (χ4v) is 3.33. The van der Waals surface area contributed by atoms with Gasteiger partial charge < -0.3 is 10.8 Å². The Morgan fingerprint density at radius 3 is 2.67 bits per heavy atom. The predicted octanol–water partition coefficient (Wildman–Crippen LogP) is 3.26. The molecule has 3 aromatic rings. The molecule has 0 amide bonds. The second kappa shape index (κ2) is 4.69. The van der Waals surface area contributed by atoms with Gasteiger partial charge in [-0.15, -0.1) is 11.3 Å². The standard InChI is InChI=1S/C15H15NOS/c16-15(17)8-6-10-5-7-14-12(9-10)11-3-1-2-4-13(11)18-14/h1-5,7,9,15,17H,6,8,16H2. The van der Waals surface area contributed by atoms with Crippen LogP contribution in [0.15, 0.2) is 42.5 Å². The first kappa shape index (κ1) is 11.7. The van der Waals surface area contributed by atoms with E-state index in [0.29, 0.717) is 6.42 Å². The highest BCUT2D eigenvalue weighted by molar-refractivity contribution is 7.25. The fourth-order valence-electron chi connectivity index (χ4n) is 2.24. The molecule has 0 saturated carbocycles. The van der Waals surface area contributed by atoms with E-state index in [1.54, 1.807) is 0 Å². The van der Waals surface area contributed by atoms with Crippen LogP contribution in [0.4, 0.5) is 0 Å². The van der Waals surface area contributed by atoms with Crippen molar-refractivity contribution >= 4 is 31.5 Å². The van der Waals surface area contributed by atoms with Gasteiger partial charge >= 0.3 is 0 Å². The van der Waals surface area contributed by atoms with Crippen molar-refractivity contribution in [3.8, 4) is 0 Å². The number of aryl methyl sites for hydroxylation is 1. The first-order valence-corrected chi connectivity index (χ1v) is 6.89. The SMILES string of the molecule is NC(O)CCc1ccc2sc3ccccc3c2c1. The van der Waals surface area contributed by atoms with E-state index in [0.717, 1.165) is 6.42 Å². The Morgan fingerprint density at radius 2 is 1.83 bits per heavy atom. The minimum atomic E-state index is -0.722. The zero-order valence-electron chi connectivity index (χ0n) is 9.97. The van der Waals surface area contributed by atoms with E-state index in [-0.39, 0.29) is 0 Å². The molecular formula is C15H15NOS. The van der Waals surface area contributed by atoms with Crippen LogP contribution in [0.2, 0.25) is 0 Å². The Bertz CT molecular complexity index is 687. The van der Waals surface area contributed by atoms with Crippen molar-refractivity contribution in [3.05, 3.63) is 48.0 Å². The van der Waals surface area contributed by atoms with Gasteiger partial charge in [-0.3, -0.25) is 0 Å². The number of thiophene rings is 1. The largest absolute Gasteiger partial charge is 0.379 e. The molecule has 0 saturated heterocycles. The second-order valence-corrected chi connectivity index (χ2v) is 5.62. The number of rotatable bonds is 3. The molecule has 0 aliphatic heterocycles. The number of hydrogen-bond acceptors (Lipinski definition) is 3. The molecule has 1 heterocycles. The maximum atomic E-state index is 9.14. The molecule has 2 aromatic carbocycles. The minimum absolute atomic E-state index is 0.605. The molecule has 1 atom stereocenters. The third-order valence-corrected chi connectivity index (χ3v) is 4.32. The summed E-state index contributed by atoms with van der Waals surface area (Å²) in [4.78, 5) is 0. The summed E-state index contributed by atoms with van der Waals surface area (Å²) in [6, 6.07) is 15.0. The Labute approximate surface area is 110 Å². The highest BCUT2D eigenvalue weighted by atomic mass is 32.1. The van der Waals surface area contributed by atoms with Gasteiger partial charge in [0.1, 0.15) is 6.23 Å². The molecule has 3 N–H and O–H groups in total. The number of fused-ring (bicyclic) bond motifs is 3. The van der Waals surface area contributed by atoms with Crippen LogP contribution in [0.5, 0.6) is 0 Å². The molecule has 92 valence electrons. The summed E-state index contributed by atoms with van der Waals surface area (Å²) in [5, 5.41) is 11.8. The summed E-state index contributed by atoms with van der Waals surface area (Å²) >= 11 is 1.82. The molecule has 0 radical (unpaired) electrons. The second-order valence-electron chi connectivity index (χ2n) is 4.53. The maximum Gasteiger partial charge on any atom is 0.102 e. The highest BCUT2D eigenvalue weighted by Crippen LogP contribution is 2.34. The van der Waals surface area contributed by atoms with Gasteiger partial charge in [-0.2, -0.15) is 0 Å². The van der Waals surface area contributed by atoms with Gasteiger partial charge in [0.05, 0.1) is 0 Å². The number of aliphatic hydroxyl groups excluding tert-OH is 1. The van der Waals surface area contributed by atoms with Crippen LogP contribution < -0.4 is 5.73 Å². The normalized spacial score (nSPS) is 13.2. The Kier molecular flexibility index (Phi) is 3.04. The van der Waals surface area contributed by atoms with E-state index >= 15 is 0 Å². The fraction of sp³-hybridized carbons (Fsp3) is 0.200. The number of hydrogen-bond donors (Lipinski definition) is 2. The van der Waals surface area contributed by atoms with E-state index in [2.05, 4.69) is 42.5 Å². The number of benzene rings is 2. The minimum Gasteiger partial charge on any atom is -0.379 e. The molecule has 2 nitrogen and oxygen atoms in total. The molecule has 0 aliphatic rings. The molecule has 1 aromatic heterocycles. The number of aliphatic hydroxyl groups is 1. The summed E-state index contributed by atoms with van der Waals surface area (Å²) in [6.45, 7) is 0. The van der Waals surface area contributed by atoms with Crippen molar-refractivity contribution < 1.29 is 5.11 Å². The van der Waals surface area contributed by atoms with Crippen molar-refractivity contribution in [2.75, 3.05) is 0 Å². The Morgan fingerprint density at radius 1 is 1.06 bits per heavy atom. The van der Waals surface area contributed by atoms with E-state index in [1.807, 2.05) is 11.3 Å². The van der Waals surface area contributed by atoms with Gasteiger partial charge in [0.25, 0.3) is 0 Å². The lowest BCUT2D eigenvalue weighted by Gasteiger charge is -2.04. The lowest BCUT2D eigenvalue weighted by molar-refractivity contribution is 0.172. The zero-order valence-corrected chi connectivity index (χ0v) is 10.8. The van der Waals surface area contributed by atoms with Crippen LogP contribution in [-0.2, 0) is 6.42 Å². The lowest BCUT2D eigenvalue weighted by Crippen LogP contribution is -2.19. The smallest absolute Gasteiger partial charge is 0.102 e. The van der Waals surface area contributed by atoms with E-state index in [4.69, 9.17) is 10.8 Å². The number of nitrogens with two attached hydrogens (primary N) is 1. The summed E-state index contributed by atoms with van der Waals surface area (Å²) < 4.78 is 2.64. The van der Waals surface area contributed by atoms with Gasteiger partial charge in [-0.1, -0.05) is 24.3 Å². The van der Waals surface area contributed by atoms with Crippen LogP contribution in [0.25, 0.3) is 20.2 Å². The quantitative estimate of drug-likeness (QED) is 0.707. The van der Waals surface area contributed by atoms with E-state index < -0.39 is 6.23 Å². The summed E-state index contributed by atoms with van der Waals surface area (Å²) in [6.07, 6.45) is 0.700. The molecule has 3 heteroatoms. The topological polar surface area (TPSA) is 46.2 Å². The van der Waals surface area contributed by atoms with Gasteiger partial charge in [0.2, 0.25) is 0 Å². The van der Waals surface area contributed by atoms with Crippen LogP contribution in [0, 0.1) is 0 Å². The third kappa shape index (κ3) is 2.12. The maximum absolute atomic E-state index is 9.14. The average molecular weight is 257 g/mol.